The molecule has 0 aromatic carbocycles. The minimum absolute atomic E-state index is 0.226. The van der Waals surface area contributed by atoms with Crippen molar-refractivity contribution in [3.05, 3.63) is 0 Å². The summed E-state index contributed by atoms with van der Waals surface area (Å²) in [5.74, 6) is 0.487. The first-order valence-electron chi connectivity index (χ1n) is 6.80. The average molecular weight is 224 g/mol. The van der Waals surface area contributed by atoms with Crippen LogP contribution in [0.4, 0.5) is 0 Å². The van der Waals surface area contributed by atoms with Crippen LogP contribution in [0.5, 0.6) is 0 Å². The summed E-state index contributed by atoms with van der Waals surface area (Å²) in [6.45, 7) is 7.74. The number of ketones is 1. The molecule has 3 saturated heterocycles. The summed E-state index contributed by atoms with van der Waals surface area (Å²) >= 11 is 0. The van der Waals surface area contributed by atoms with Crippen molar-refractivity contribution in [2.75, 3.05) is 32.7 Å². The van der Waals surface area contributed by atoms with Crippen LogP contribution in [0.25, 0.3) is 0 Å². The maximum Gasteiger partial charge on any atom is 0.151 e. The normalized spacial score (nSPS) is 32.9. The van der Waals surface area contributed by atoms with Gasteiger partial charge in [0.15, 0.2) is 5.78 Å². The third-order valence-corrected chi connectivity index (χ3v) is 3.93. The van der Waals surface area contributed by atoms with Crippen LogP contribution in [-0.4, -0.2) is 54.3 Å². The van der Waals surface area contributed by atoms with Crippen LogP contribution in [0.3, 0.4) is 0 Å². The standard InChI is InChI=1S/C13H24N2O/c1-2-3-4-5-6-13(16)12-11-14-7-9-15(12)10-8-14/h12H,2-11H2,1H3. The lowest BCUT2D eigenvalue weighted by molar-refractivity contribution is -0.129. The van der Waals surface area contributed by atoms with Gasteiger partial charge in [-0.2, -0.15) is 0 Å². The molecule has 1 atom stereocenters. The predicted octanol–water partition coefficient (Wildman–Crippen LogP) is 1.53. The lowest BCUT2D eigenvalue weighted by Crippen LogP contribution is -2.63. The SMILES string of the molecule is CCCCCCC(=O)C1CN2CCN1CC2. The van der Waals surface area contributed by atoms with Gasteiger partial charge >= 0.3 is 0 Å². The van der Waals surface area contributed by atoms with E-state index in [4.69, 9.17) is 0 Å². The summed E-state index contributed by atoms with van der Waals surface area (Å²) in [6.07, 6.45) is 5.63. The van der Waals surface area contributed by atoms with Gasteiger partial charge in [0.1, 0.15) is 0 Å². The molecular formula is C13H24N2O. The Hall–Kier alpha value is -0.410. The van der Waals surface area contributed by atoms with Gasteiger partial charge in [0.2, 0.25) is 0 Å². The van der Waals surface area contributed by atoms with E-state index in [9.17, 15) is 4.79 Å². The van der Waals surface area contributed by atoms with Crippen molar-refractivity contribution >= 4 is 5.78 Å². The van der Waals surface area contributed by atoms with Crippen molar-refractivity contribution in [1.82, 2.24) is 9.80 Å². The highest BCUT2D eigenvalue weighted by Gasteiger charge is 2.35. The van der Waals surface area contributed by atoms with Crippen LogP contribution in [-0.2, 0) is 4.79 Å². The van der Waals surface area contributed by atoms with E-state index < -0.39 is 0 Å². The first kappa shape index (κ1) is 12.1. The van der Waals surface area contributed by atoms with E-state index in [0.717, 1.165) is 32.5 Å². The van der Waals surface area contributed by atoms with Gasteiger partial charge in [-0.25, -0.2) is 0 Å². The second-order valence-corrected chi connectivity index (χ2v) is 5.13. The molecule has 1 unspecified atom stereocenters. The van der Waals surface area contributed by atoms with E-state index >= 15 is 0 Å². The third kappa shape index (κ3) is 2.83. The van der Waals surface area contributed by atoms with E-state index in [0.29, 0.717) is 5.78 Å². The number of nitrogens with zero attached hydrogens (tertiary/aromatic N) is 2. The Morgan fingerprint density at radius 2 is 1.88 bits per heavy atom. The molecule has 92 valence electrons. The number of unbranched alkanes of at least 4 members (excludes halogenated alkanes) is 3. The first-order chi connectivity index (χ1) is 7.81. The van der Waals surface area contributed by atoms with Crippen LogP contribution in [0.2, 0.25) is 0 Å². The topological polar surface area (TPSA) is 23.6 Å². The van der Waals surface area contributed by atoms with Gasteiger partial charge in [-0.1, -0.05) is 26.2 Å². The molecule has 0 aliphatic carbocycles. The minimum Gasteiger partial charge on any atom is -0.299 e. The number of rotatable bonds is 6. The molecule has 3 nitrogen and oxygen atoms in total. The Labute approximate surface area is 98.8 Å². The molecule has 0 aromatic heterocycles. The third-order valence-electron chi connectivity index (χ3n) is 3.93. The molecule has 0 amide bonds. The van der Waals surface area contributed by atoms with Crippen molar-refractivity contribution in [2.45, 2.75) is 45.1 Å². The number of fused-ring (bicyclic) bond motifs is 3. The van der Waals surface area contributed by atoms with E-state index in [2.05, 4.69) is 16.7 Å². The summed E-state index contributed by atoms with van der Waals surface area (Å²) in [6, 6.07) is 0.226. The second kappa shape index (κ2) is 5.78. The molecule has 3 rings (SSSR count). The van der Waals surface area contributed by atoms with E-state index in [1.54, 1.807) is 0 Å². The highest BCUT2D eigenvalue weighted by atomic mass is 16.1. The number of Topliss-reactive ketones (excluding diaryl/α,β-unsaturated/α-hetero) is 1. The maximum atomic E-state index is 12.1. The molecule has 3 fully saturated rings. The largest absolute Gasteiger partial charge is 0.299 e. The first-order valence-corrected chi connectivity index (χ1v) is 6.80. The van der Waals surface area contributed by atoms with Crippen molar-refractivity contribution in [3.63, 3.8) is 0 Å². The molecule has 0 spiro atoms. The Morgan fingerprint density at radius 1 is 1.12 bits per heavy atom. The Bertz CT molecular complexity index is 234. The minimum atomic E-state index is 0.226. The highest BCUT2D eigenvalue weighted by Crippen LogP contribution is 2.18. The summed E-state index contributed by atoms with van der Waals surface area (Å²) in [5, 5.41) is 0. The lowest BCUT2D eigenvalue weighted by Gasteiger charge is -2.46. The fourth-order valence-corrected chi connectivity index (χ4v) is 2.82. The zero-order chi connectivity index (χ0) is 11.4. The molecule has 16 heavy (non-hydrogen) atoms. The Balaban J connectivity index is 1.72. The average Bonchev–Trinajstić information content (AvgIpc) is 2.36. The molecule has 0 saturated carbocycles. The Kier molecular flexibility index (Phi) is 4.36. The summed E-state index contributed by atoms with van der Waals surface area (Å²) in [4.78, 5) is 16.9. The second-order valence-electron chi connectivity index (χ2n) is 5.13. The van der Waals surface area contributed by atoms with Crippen molar-refractivity contribution in [2.24, 2.45) is 0 Å². The van der Waals surface area contributed by atoms with Crippen LogP contribution in [0.15, 0.2) is 0 Å². The van der Waals surface area contributed by atoms with Gasteiger partial charge in [-0.3, -0.25) is 14.6 Å². The zero-order valence-corrected chi connectivity index (χ0v) is 10.5. The quantitative estimate of drug-likeness (QED) is 0.639. The molecule has 2 bridgehead atoms. The predicted molar refractivity (Wildman–Crippen MR) is 65.6 cm³/mol. The van der Waals surface area contributed by atoms with E-state index in [1.807, 2.05) is 0 Å². The molecule has 3 aliphatic heterocycles. The van der Waals surface area contributed by atoms with Crippen LogP contribution >= 0.6 is 0 Å². The maximum absolute atomic E-state index is 12.1. The number of piperazine rings is 3. The molecule has 3 heteroatoms. The van der Waals surface area contributed by atoms with Crippen molar-refractivity contribution in [3.8, 4) is 0 Å². The molecule has 0 aromatic rings. The smallest absolute Gasteiger partial charge is 0.151 e. The fourth-order valence-electron chi connectivity index (χ4n) is 2.82. The van der Waals surface area contributed by atoms with E-state index in [1.165, 1.54) is 32.4 Å². The number of hydrogen-bond acceptors (Lipinski definition) is 3. The monoisotopic (exact) mass is 224 g/mol. The molecule has 0 radical (unpaired) electrons. The summed E-state index contributed by atoms with van der Waals surface area (Å²) in [7, 11) is 0. The van der Waals surface area contributed by atoms with Crippen LogP contribution < -0.4 is 0 Å². The molecule has 0 N–H and O–H groups in total. The van der Waals surface area contributed by atoms with Gasteiger partial charge < -0.3 is 0 Å². The summed E-state index contributed by atoms with van der Waals surface area (Å²) < 4.78 is 0. The van der Waals surface area contributed by atoms with E-state index in [-0.39, 0.29) is 6.04 Å². The van der Waals surface area contributed by atoms with Crippen LogP contribution in [0, 0.1) is 0 Å². The van der Waals surface area contributed by atoms with Crippen molar-refractivity contribution in [1.29, 1.82) is 0 Å². The van der Waals surface area contributed by atoms with Gasteiger partial charge in [-0.05, 0) is 6.42 Å². The van der Waals surface area contributed by atoms with Gasteiger partial charge in [0.05, 0.1) is 6.04 Å². The summed E-state index contributed by atoms with van der Waals surface area (Å²) in [5.41, 5.74) is 0. The van der Waals surface area contributed by atoms with Gasteiger partial charge in [-0.15, -0.1) is 0 Å². The number of carbonyl (C=O) groups is 1. The fraction of sp³-hybridized carbons (Fsp3) is 0.923. The highest BCUT2D eigenvalue weighted by molar-refractivity contribution is 5.84. The zero-order valence-electron chi connectivity index (χ0n) is 10.5. The molecule has 3 aliphatic rings. The number of carbonyl (C=O) groups excluding carboxylic acids is 1. The molecule has 3 heterocycles. The number of hydrogen-bond donors (Lipinski definition) is 0. The van der Waals surface area contributed by atoms with Crippen LogP contribution in [0.1, 0.15) is 39.0 Å². The molecular weight excluding hydrogens is 200 g/mol. The van der Waals surface area contributed by atoms with Crippen molar-refractivity contribution < 1.29 is 4.79 Å². The van der Waals surface area contributed by atoms with Gasteiger partial charge in [0.25, 0.3) is 0 Å². The Morgan fingerprint density at radius 3 is 2.44 bits per heavy atom. The van der Waals surface area contributed by atoms with Gasteiger partial charge in [0, 0.05) is 39.1 Å². The lowest BCUT2D eigenvalue weighted by atomic mass is 9.99.